The fourth-order valence-electron chi connectivity index (χ4n) is 2.16. The maximum atomic E-state index is 12.5. The van der Waals surface area contributed by atoms with E-state index in [-0.39, 0.29) is 16.5 Å². The van der Waals surface area contributed by atoms with E-state index in [9.17, 15) is 13.6 Å². The first-order valence-corrected chi connectivity index (χ1v) is 8.79. The molecular weight excluding hydrogens is 374 g/mol. The molecule has 0 aliphatic rings. The lowest BCUT2D eigenvalue weighted by atomic mass is 10.2. The Morgan fingerprint density at radius 1 is 1.19 bits per heavy atom. The molecule has 2 N–H and O–H groups in total. The van der Waals surface area contributed by atoms with Crippen LogP contribution in [0.3, 0.4) is 0 Å². The lowest BCUT2D eigenvalue weighted by Crippen LogP contribution is -2.34. The monoisotopic (exact) mass is 394 g/mol. The summed E-state index contributed by atoms with van der Waals surface area (Å²) < 4.78 is 34.9. The summed E-state index contributed by atoms with van der Waals surface area (Å²) in [6.45, 7) is -0.333. The number of rotatable bonds is 8. The third kappa shape index (κ3) is 6.82. The number of benzene rings is 2. The summed E-state index contributed by atoms with van der Waals surface area (Å²) in [6.07, 6.45) is 1.93. The van der Waals surface area contributed by atoms with Crippen molar-refractivity contribution < 1.29 is 23.0 Å². The number of carbonyl (C=O) groups is 1. The fourth-order valence-corrected chi connectivity index (χ4v) is 2.36. The van der Waals surface area contributed by atoms with Gasteiger partial charge in [-0.15, -0.1) is 0 Å². The Labute approximate surface area is 161 Å². The van der Waals surface area contributed by atoms with Crippen molar-refractivity contribution >= 4 is 28.9 Å². The van der Waals surface area contributed by atoms with E-state index in [0.717, 1.165) is 12.8 Å². The average Bonchev–Trinajstić information content (AvgIpc) is 2.63. The highest BCUT2D eigenvalue weighted by molar-refractivity contribution is 7.80. The van der Waals surface area contributed by atoms with Crippen molar-refractivity contribution in [2.24, 2.45) is 0 Å². The van der Waals surface area contributed by atoms with Crippen LogP contribution in [0.25, 0.3) is 0 Å². The molecule has 0 atom stereocenters. The van der Waals surface area contributed by atoms with Gasteiger partial charge in [0, 0.05) is 5.56 Å². The van der Waals surface area contributed by atoms with Crippen molar-refractivity contribution in [1.82, 2.24) is 5.32 Å². The number of halogens is 2. The maximum absolute atomic E-state index is 12.5. The predicted molar refractivity (Wildman–Crippen MR) is 104 cm³/mol. The average molecular weight is 394 g/mol. The van der Waals surface area contributed by atoms with Crippen LogP contribution < -0.4 is 20.1 Å². The second kappa shape index (κ2) is 10.4. The Morgan fingerprint density at radius 2 is 1.96 bits per heavy atom. The minimum absolute atomic E-state index is 0.0392. The first-order valence-electron chi connectivity index (χ1n) is 8.38. The smallest absolute Gasteiger partial charge is 0.387 e. The van der Waals surface area contributed by atoms with Crippen LogP contribution in [0.5, 0.6) is 11.5 Å². The largest absolute Gasteiger partial charge is 0.494 e. The van der Waals surface area contributed by atoms with E-state index in [4.69, 9.17) is 17.0 Å². The van der Waals surface area contributed by atoms with Gasteiger partial charge < -0.3 is 14.8 Å². The van der Waals surface area contributed by atoms with Gasteiger partial charge in [0.05, 0.1) is 12.3 Å². The second-order valence-corrected chi connectivity index (χ2v) is 5.92. The molecule has 2 aromatic carbocycles. The number of anilines is 1. The summed E-state index contributed by atoms with van der Waals surface area (Å²) in [5.41, 5.74) is 0.588. The van der Waals surface area contributed by atoms with Crippen molar-refractivity contribution in [2.75, 3.05) is 11.9 Å². The molecule has 0 saturated carbocycles. The van der Waals surface area contributed by atoms with Gasteiger partial charge in [-0.3, -0.25) is 10.1 Å². The van der Waals surface area contributed by atoms with Crippen molar-refractivity contribution in [3.05, 3.63) is 54.1 Å². The van der Waals surface area contributed by atoms with Crippen LogP contribution in [0.2, 0.25) is 0 Å². The molecule has 0 aliphatic carbocycles. The molecule has 0 radical (unpaired) electrons. The lowest BCUT2D eigenvalue weighted by Gasteiger charge is -2.14. The van der Waals surface area contributed by atoms with E-state index in [2.05, 4.69) is 22.3 Å². The Morgan fingerprint density at radius 3 is 2.70 bits per heavy atom. The maximum Gasteiger partial charge on any atom is 0.387 e. The molecule has 0 unspecified atom stereocenters. The molecule has 0 spiro atoms. The van der Waals surface area contributed by atoms with Crippen LogP contribution in [0, 0.1) is 0 Å². The van der Waals surface area contributed by atoms with Crippen molar-refractivity contribution in [1.29, 1.82) is 0 Å². The summed E-state index contributed by atoms with van der Waals surface area (Å²) in [6, 6.07) is 12.8. The van der Waals surface area contributed by atoms with E-state index in [1.54, 1.807) is 36.4 Å². The van der Waals surface area contributed by atoms with Crippen LogP contribution in [0.4, 0.5) is 14.5 Å². The molecule has 27 heavy (non-hydrogen) atoms. The molecule has 0 fully saturated rings. The number of amides is 1. The zero-order chi connectivity index (χ0) is 19.6. The SMILES string of the molecule is CCCCOc1cccc(C(=O)NC(=S)Nc2ccccc2OC(F)F)c1. The Kier molecular flexibility index (Phi) is 7.94. The Bertz CT molecular complexity index is 787. The molecule has 0 bridgehead atoms. The van der Waals surface area contributed by atoms with Gasteiger partial charge in [-0.05, 0) is 49.0 Å². The molecule has 0 aliphatic heterocycles. The summed E-state index contributed by atoms with van der Waals surface area (Å²) in [4.78, 5) is 12.3. The molecule has 144 valence electrons. The third-order valence-electron chi connectivity index (χ3n) is 3.44. The van der Waals surface area contributed by atoms with Crippen LogP contribution in [-0.2, 0) is 0 Å². The first-order chi connectivity index (χ1) is 13.0. The normalized spacial score (nSPS) is 10.4. The number of para-hydroxylation sites is 2. The molecule has 1 amide bonds. The summed E-state index contributed by atoms with van der Waals surface area (Å²) in [7, 11) is 0. The van der Waals surface area contributed by atoms with Crippen LogP contribution >= 0.6 is 12.2 Å². The van der Waals surface area contributed by atoms with Crippen LogP contribution in [-0.4, -0.2) is 24.2 Å². The van der Waals surface area contributed by atoms with E-state index < -0.39 is 12.5 Å². The van der Waals surface area contributed by atoms with Crippen LogP contribution in [0.15, 0.2) is 48.5 Å². The van der Waals surface area contributed by atoms with Gasteiger partial charge in [-0.25, -0.2) is 0 Å². The third-order valence-corrected chi connectivity index (χ3v) is 3.65. The van der Waals surface area contributed by atoms with Gasteiger partial charge in [0.15, 0.2) is 5.11 Å². The van der Waals surface area contributed by atoms with Crippen molar-refractivity contribution in [3.8, 4) is 11.5 Å². The number of hydrogen-bond acceptors (Lipinski definition) is 4. The summed E-state index contributed by atoms with van der Waals surface area (Å²) >= 11 is 5.09. The molecule has 0 heterocycles. The topological polar surface area (TPSA) is 59.6 Å². The number of ether oxygens (including phenoxy) is 2. The molecule has 0 saturated heterocycles. The predicted octanol–water partition coefficient (Wildman–Crippen LogP) is 4.59. The minimum atomic E-state index is -2.97. The number of carbonyl (C=O) groups excluding carboxylic acids is 1. The van der Waals surface area contributed by atoms with E-state index in [1.165, 1.54) is 12.1 Å². The highest BCUT2D eigenvalue weighted by atomic mass is 32.1. The summed E-state index contributed by atoms with van der Waals surface area (Å²) in [5, 5.41) is 5.15. The van der Waals surface area contributed by atoms with E-state index >= 15 is 0 Å². The van der Waals surface area contributed by atoms with Gasteiger partial charge in [-0.1, -0.05) is 31.5 Å². The van der Waals surface area contributed by atoms with Gasteiger partial charge in [0.25, 0.3) is 5.91 Å². The minimum Gasteiger partial charge on any atom is -0.494 e. The summed E-state index contributed by atoms with van der Waals surface area (Å²) in [5.74, 6) is 0.0711. The molecule has 8 heteroatoms. The van der Waals surface area contributed by atoms with E-state index in [0.29, 0.717) is 17.9 Å². The van der Waals surface area contributed by atoms with Gasteiger partial charge in [0.1, 0.15) is 11.5 Å². The van der Waals surface area contributed by atoms with Gasteiger partial charge in [-0.2, -0.15) is 8.78 Å². The number of nitrogens with one attached hydrogen (secondary N) is 2. The fraction of sp³-hybridized carbons (Fsp3) is 0.263. The molecule has 0 aromatic heterocycles. The zero-order valence-corrected chi connectivity index (χ0v) is 15.5. The van der Waals surface area contributed by atoms with E-state index in [1.807, 2.05) is 0 Å². The van der Waals surface area contributed by atoms with Crippen molar-refractivity contribution in [2.45, 2.75) is 26.4 Å². The van der Waals surface area contributed by atoms with Crippen LogP contribution in [0.1, 0.15) is 30.1 Å². The first kappa shape index (κ1) is 20.6. The number of hydrogen-bond donors (Lipinski definition) is 2. The molecule has 2 aromatic rings. The standard InChI is InChI=1S/C19H20F2N2O3S/c1-2-3-11-25-14-8-6-7-13(12-14)17(24)23-19(27)22-15-9-4-5-10-16(15)26-18(20)21/h4-10,12,18H,2-3,11H2,1H3,(H2,22,23,24,27). The van der Waals surface area contributed by atoms with Crippen molar-refractivity contribution in [3.63, 3.8) is 0 Å². The number of thiocarbonyl (C=S) groups is 1. The Balaban J connectivity index is 1.98. The Hall–Kier alpha value is -2.74. The highest BCUT2D eigenvalue weighted by Gasteiger charge is 2.13. The quantitative estimate of drug-likeness (QED) is 0.506. The highest BCUT2D eigenvalue weighted by Crippen LogP contribution is 2.25. The zero-order valence-electron chi connectivity index (χ0n) is 14.7. The second-order valence-electron chi connectivity index (χ2n) is 5.51. The molecule has 5 nitrogen and oxygen atoms in total. The number of alkyl halides is 2. The lowest BCUT2D eigenvalue weighted by molar-refractivity contribution is -0.0493. The molecular formula is C19H20F2N2O3S. The molecule has 2 rings (SSSR count). The van der Waals surface area contributed by atoms with Gasteiger partial charge in [0.2, 0.25) is 0 Å². The van der Waals surface area contributed by atoms with Gasteiger partial charge >= 0.3 is 6.61 Å². The number of unbranched alkanes of at least 4 members (excludes halogenated alkanes) is 1.